The first-order valence-electron chi connectivity index (χ1n) is 11.6. The number of amides is 1. The highest BCUT2D eigenvalue weighted by molar-refractivity contribution is 5.97. The molecule has 0 saturated heterocycles. The molecule has 1 amide bonds. The van der Waals surface area contributed by atoms with Gasteiger partial charge in [0.1, 0.15) is 5.70 Å². The Morgan fingerprint density at radius 3 is 2.53 bits per heavy atom. The SMILES string of the molecule is COC1=NC(C(=O)NC2CCC(Nc3cc(C(C)(C)C)nc4ccccc34)CC2)=CCC1. The van der Waals surface area contributed by atoms with Gasteiger partial charge in [0.2, 0.25) is 0 Å². The molecule has 1 saturated carbocycles. The van der Waals surface area contributed by atoms with Crippen molar-refractivity contribution in [3.8, 4) is 0 Å². The van der Waals surface area contributed by atoms with Crippen LogP contribution in [0.15, 0.2) is 47.1 Å². The Bertz CT molecular complexity index is 1040. The van der Waals surface area contributed by atoms with Crippen LogP contribution in [0.2, 0.25) is 0 Å². The van der Waals surface area contributed by atoms with Crippen molar-refractivity contribution >= 4 is 28.4 Å². The number of nitrogens with one attached hydrogen (secondary N) is 2. The Balaban J connectivity index is 1.39. The van der Waals surface area contributed by atoms with E-state index < -0.39 is 0 Å². The largest absolute Gasteiger partial charge is 0.484 e. The Morgan fingerprint density at radius 1 is 1.09 bits per heavy atom. The number of hydrogen-bond acceptors (Lipinski definition) is 5. The molecule has 32 heavy (non-hydrogen) atoms. The zero-order chi connectivity index (χ0) is 22.7. The fraction of sp³-hybridized carbons (Fsp3) is 0.500. The molecule has 2 N–H and O–H groups in total. The van der Waals surface area contributed by atoms with E-state index in [-0.39, 0.29) is 17.4 Å². The minimum Gasteiger partial charge on any atom is -0.484 e. The van der Waals surface area contributed by atoms with Crippen LogP contribution in [0.3, 0.4) is 0 Å². The van der Waals surface area contributed by atoms with Crippen molar-refractivity contribution in [3.05, 3.63) is 47.8 Å². The molecule has 1 aliphatic carbocycles. The third-order valence-electron chi connectivity index (χ3n) is 6.32. The van der Waals surface area contributed by atoms with E-state index in [4.69, 9.17) is 9.72 Å². The first-order valence-corrected chi connectivity index (χ1v) is 11.6. The Hall–Kier alpha value is -2.89. The minimum atomic E-state index is -0.0920. The van der Waals surface area contributed by atoms with Gasteiger partial charge >= 0.3 is 0 Å². The van der Waals surface area contributed by atoms with Gasteiger partial charge in [-0.2, -0.15) is 0 Å². The summed E-state index contributed by atoms with van der Waals surface area (Å²) in [7, 11) is 1.60. The number of rotatable bonds is 4. The predicted octanol–water partition coefficient (Wildman–Crippen LogP) is 5.09. The summed E-state index contributed by atoms with van der Waals surface area (Å²) >= 11 is 0. The normalized spacial score (nSPS) is 21.5. The van der Waals surface area contributed by atoms with Gasteiger partial charge in [-0.05, 0) is 44.2 Å². The number of para-hydroxylation sites is 1. The van der Waals surface area contributed by atoms with Gasteiger partial charge in [0, 0.05) is 40.7 Å². The average molecular weight is 435 g/mol. The van der Waals surface area contributed by atoms with Crippen molar-refractivity contribution in [2.75, 3.05) is 12.4 Å². The number of pyridine rings is 1. The van der Waals surface area contributed by atoms with Gasteiger partial charge < -0.3 is 15.4 Å². The van der Waals surface area contributed by atoms with Crippen molar-refractivity contribution in [2.45, 2.75) is 76.8 Å². The number of aromatic nitrogens is 1. The van der Waals surface area contributed by atoms with E-state index in [2.05, 4.69) is 60.7 Å². The molecule has 6 nitrogen and oxygen atoms in total. The van der Waals surface area contributed by atoms with Crippen molar-refractivity contribution in [2.24, 2.45) is 4.99 Å². The highest BCUT2D eigenvalue weighted by atomic mass is 16.5. The summed E-state index contributed by atoms with van der Waals surface area (Å²) in [5.41, 5.74) is 3.74. The average Bonchev–Trinajstić information content (AvgIpc) is 2.79. The van der Waals surface area contributed by atoms with E-state index >= 15 is 0 Å². The lowest BCUT2D eigenvalue weighted by Gasteiger charge is -2.31. The lowest BCUT2D eigenvalue weighted by molar-refractivity contribution is -0.118. The lowest BCUT2D eigenvalue weighted by atomic mass is 9.89. The number of hydrogen-bond donors (Lipinski definition) is 2. The summed E-state index contributed by atoms with van der Waals surface area (Å²) in [6.07, 6.45) is 7.37. The van der Waals surface area contributed by atoms with E-state index in [0.717, 1.165) is 60.8 Å². The molecule has 1 aromatic carbocycles. The van der Waals surface area contributed by atoms with Gasteiger partial charge in [-0.1, -0.05) is 45.0 Å². The third kappa shape index (κ3) is 5.12. The van der Waals surface area contributed by atoms with Crippen molar-refractivity contribution < 1.29 is 9.53 Å². The summed E-state index contributed by atoms with van der Waals surface area (Å²) in [6.45, 7) is 6.59. The molecule has 2 heterocycles. The van der Waals surface area contributed by atoms with Crippen LogP contribution in [0.1, 0.15) is 65.0 Å². The fourth-order valence-electron chi connectivity index (χ4n) is 4.40. The number of ether oxygens (including phenoxy) is 1. The molecule has 1 aliphatic heterocycles. The maximum absolute atomic E-state index is 12.6. The summed E-state index contributed by atoms with van der Waals surface area (Å²) < 4.78 is 5.21. The molecule has 2 aromatic rings. The molecule has 0 unspecified atom stereocenters. The van der Waals surface area contributed by atoms with Crippen molar-refractivity contribution in [1.29, 1.82) is 0 Å². The van der Waals surface area contributed by atoms with E-state index in [1.807, 2.05) is 12.1 Å². The summed E-state index contributed by atoms with van der Waals surface area (Å²) in [6, 6.07) is 11.1. The van der Waals surface area contributed by atoms with E-state index in [1.54, 1.807) is 7.11 Å². The van der Waals surface area contributed by atoms with Crippen LogP contribution < -0.4 is 10.6 Å². The molecule has 0 bridgehead atoms. The minimum absolute atomic E-state index is 0.0125. The smallest absolute Gasteiger partial charge is 0.269 e. The molecule has 1 aromatic heterocycles. The second-order valence-corrected chi connectivity index (χ2v) is 9.83. The van der Waals surface area contributed by atoms with E-state index in [0.29, 0.717) is 17.6 Å². The Kier molecular flexibility index (Phi) is 6.49. The molecular formula is C26H34N4O2. The molecule has 4 rings (SSSR count). The van der Waals surface area contributed by atoms with Crippen LogP contribution in [0.25, 0.3) is 10.9 Å². The van der Waals surface area contributed by atoms with Crippen LogP contribution in [0.4, 0.5) is 5.69 Å². The first kappa shape index (κ1) is 22.3. The fourth-order valence-corrected chi connectivity index (χ4v) is 4.40. The molecule has 2 aliphatic rings. The molecule has 170 valence electrons. The number of carbonyl (C=O) groups is 1. The summed E-state index contributed by atoms with van der Waals surface area (Å²) in [4.78, 5) is 21.8. The second kappa shape index (κ2) is 9.31. The number of carbonyl (C=O) groups excluding carboxylic acids is 1. The number of nitrogens with zero attached hydrogens (tertiary/aromatic N) is 2. The Morgan fingerprint density at radius 2 is 1.81 bits per heavy atom. The molecular weight excluding hydrogens is 400 g/mol. The van der Waals surface area contributed by atoms with Gasteiger partial charge in [0.05, 0.1) is 12.6 Å². The third-order valence-corrected chi connectivity index (χ3v) is 6.32. The summed E-state index contributed by atoms with van der Waals surface area (Å²) in [5, 5.41) is 8.11. The van der Waals surface area contributed by atoms with Crippen molar-refractivity contribution in [3.63, 3.8) is 0 Å². The quantitative estimate of drug-likeness (QED) is 0.702. The molecule has 0 spiro atoms. The van der Waals surface area contributed by atoms with Gasteiger partial charge in [-0.15, -0.1) is 0 Å². The number of allylic oxidation sites excluding steroid dienone is 1. The number of fused-ring (bicyclic) bond motifs is 1. The molecule has 0 atom stereocenters. The highest BCUT2D eigenvalue weighted by Crippen LogP contribution is 2.31. The topological polar surface area (TPSA) is 75.6 Å². The maximum atomic E-state index is 12.6. The zero-order valence-corrected chi connectivity index (χ0v) is 19.6. The zero-order valence-electron chi connectivity index (χ0n) is 19.6. The number of anilines is 1. The van der Waals surface area contributed by atoms with E-state index in [1.165, 1.54) is 0 Å². The molecule has 0 radical (unpaired) electrons. The number of benzene rings is 1. The van der Waals surface area contributed by atoms with Crippen LogP contribution in [-0.2, 0) is 14.9 Å². The van der Waals surface area contributed by atoms with Gasteiger partial charge in [-0.3, -0.25) is 9.78 Å². The summed E-state index contributed by atoms with van der Waals surface area (Å²) in [5.74, 6) is 0.537. The van der Waals surface area contributed by atoms with Crippen LogP contribution in [0.5, 0.6) is 0 Å². The highest BCUT2D eigenvalue weighted by Gasteiger charge is 2.25. The van der Waals surface area contributed by atoms with Crippen LogP contribution in [0, 0.1) is 0 Å². The van der Waals surface area contributed by atoms with E-state index in [9.17, 15) is 4.79 Å². The first-order chi connectivity index (χ1) is 15.3. The van der Waals surface area contributed by atoms with Crippen LogP contribution in [-0.4, -0.2) is 36.0 Å². The Labute approximate surface area is 190 Å². The van der Waals surface area contributed by atoms with Gasteiger partial charge in [0.25, 0.3) is 5.91 Å². The van der Waals surface area contributed by atoms with Crippen molar-refractivity contribution in [1.82, 2.24) is 10.3 Å². The maximum Gasteiger partial charge on any atom is 0.269 e. The molecule has 6 heteroatoms. The lowest BCUT2D eigenvalue weighted by Crippen LogP contribution is -2.40. The monoisotopic (exact) mass is 434 g/mol. The number of aliphatic imine (C=N–C) groups is 1. The molecule has 1 fully saturated rings. The second-order valence-electron chi connectivity index (χ2n) is 9.83. The van der Waals surface area contributed by atoms with Gasteiger partial charge in [-0.25, -0.2) is 4.99 Å². The number of methoxy groups -OCH3 is 1. The standard InChI is InChI=1S/C26H34N4O2/c1-26(2,3)23-16-22(19-8-5-6-9-20(19)29-23)27-17-12-14-18(15-13-17)28-25(31)21-10-7-11-24(30-21)32-4/h5-6,8-10,16-18H,7,11-15H2,1-4H3,(H,27,29)(H,28,31). The predicted molar refractivity (Wildman–Crippen MR) is 130 cm³/mol. The van der Waals surface area contributed by atoms with Crippen LogP contribution >= 0.6 is 0 Å². The van der Waals surface area contributed by atoms with Gasteiger partial charge in [0.15, 0.2) is 5.90 Å².